The number of Topliss-reactive ketones (excluding diaryl/α,β-unsaturated/α-hetero) is 1. The van der Waals surface area contributed by atoms with E-state index in [2.05, 4.69) is 4.72 Å². The minimum atomic E-state index is -3.12. The normalized spacial score (nSPS) is 46.6. The highest BCUT2D eigenvalue weighted by molar-refractivity contribution is 7.90. The van der Waals surface area contributed by atoms with Gasteiger partial charge in [0.25, 0.3) is 0 Å². The molecule has 20 heavy (non-hydrogen) atoms. The number of sulfonamides is 1. The second-order valence-electron chi connectivity index (χ2n) is 7.73. The Morgan fingerprint density at radius 2 is 1.70 bits per heavy atom. The minimum Gasteiger partial charge on any atom is -0.300 e. The van der Waals surface area contributed by atoms with Crippen LogP contribution in [0.4, 0.5) is 0 Å². The maximum absolute atomic E-state index is 12.3. The van der Waals surface area contributed by atoms with E-state index in [0.29, 0.717) is 23.5 Å². The van der Waals surface area contributed by atoms with E-state index in [1.54, 1.807) is 6.92 Å². The largest absolute Gasteiger partial charge is 0.300 e. The fourth-order valence-electron chi connectivity index (χ4n) is 5.58. The van der Waals surface area contributed by atoms with Gasteiger partial charge in [-0.05, 0) is 69.6 Å². The van der Waals surface area contributed by atoms with Gasteiger partial charge in [0, 0.05) is 11.5 Å². The molecule has 0 aromatic rings. The second-order valence-corrected chi connectivity index (χ2v) is 9.69. The number of carbonyl (C=O) groups is 1. The molecular formula is C15H23NO3S. The second kappa shape index (κ2) is 4.07. The SMILES string of the molecule is CC(=O)C1C2CC3CC1CC(NS(=O)(=O)C1CC1)(C3)C2. The first kappa shape index (κ1) is 13.3. The Labute approximate surface area is 120 Å². The highest BCUT2D eigenvalue weighted by atomic mass is 32.2. The standard InChI is InChI=1S/C15H23NO3S/c1-9(17)14-11-4-10-5-12(14)8-15(6-10,7-11)16-20(18,19)13-2-3-13/h10-14,16H,2-8H2,1H3. The summed E-state index contributed by atoms with van der Waals surface area (Å²) in [6.45, 7) is 1.72. The summed E-state index contributed by atoms with van der Waals surface area (Å²) in [6, 6.07) is 0. The van der Waals surface area contributed by atoms with E-state index in [1.807, 2.05) is 0 Å². The van der Waals surface area contributed by atoms with Crippen molar-refractivity contribution in [3.63, 3.8) is 0 Å². The molecule has 1 N–H and O–H groups in total. The molecule has 5 aliphatic rings. The summed E-state index contributed by atoms with van der Waals surface area (Å²) in [4.78, 5) is 11.9. The van der Waals surface area contributed by atoms with Crippen LogP contribution in [-0.4, -0.2) is 25.0 Å². The van der Waals surface area contributed by atoms with Crippen LogP contribution in [0.2, 0.25) is 0 Å². The Morgan fingerprint density at radius 1 is 1.10 bits per heavy atom. The monoisotopic (exact) mass is 297 g/mol. The molecule has 112 valence electrons. The van der Waals surface area contributed by atoms with Crippen molar-refractivity contribution in [1.29, 1.82) is 0 Å². The Kier molecular flexibility index (Phi) is 2.70. The molecule has 4 nitrogen and oxygen atoms in total. The zero-order valence-corrected chi connectivity index (χ0v) is 12.8. The molecule has 2 atom stereocenters. The molecule has 0 heterocycles. The average molecular weight is 297 g/mol. The van der Waals surface area contributed by atoms with Crippen LogP contribution in [0.5, 0.6) is 0 Å². The van der Waals surface area contributed by atoms with Crippen molar-refractivity contribution in [1.82, 2.24) is 4.72 Å². The van der Waals surface area contributed by atoms with Gasteiger partial charge >= 0.3 is 0 Å². The minimum absolute atomic E-state index is 0.140. The molecule has 5 aliphatic carbocycles. The number of rotatable bonds is 4. The van der Waals surface area contributed by atoms with Gasteiger partial charge in [-0.2, -0.15) is 0 Å². The van der Waals surface area contributed by atoms with E-state index in [1.165, 1.54) is 0 Å². The van der Waals surface area contributed by atoms with Crippen LogP contribution < -0.4 is 4.72 Å². The van der Waals surface area contributed by atoms with Gasteiger partial charge in [-0.25, -0.2) is 13.1 Å². The molecule has 4 bridgehead atoms. The lowest BCUT2D eigenvalue weighted by molar-refractivity contribution is -0.135. The average Bonchev–Trinajstić information content (AvgIpc) is 3.08. The van der Waals surface area contributed by atoms with Crippen LogP contribution in [0, 0.1) is 23.7 Å². The lowest BCUT2D eigenvalue weighted by atomic mass is 9.48. The summed E-state index contributed by atoms with van der Waals surface area (Å²) in [5, 5.41) is -0.140. The summed E-state index contributed by atoms with van der Waals surface area (Å²) in [5.41, 5.74) is -0.218. The molecule has 0 radical (unpaired) electrons. The summed E-state index contributed by atoms with van der Waals surface area (Å²) >= 11 is 0. The summed E-state index contributed by atoms with van der Waals surface area (Å²) in [5.74, 6) is 1.98. The number of hydrogen-bond donors (Lipinski definition) is 1. The van der Waals surface area contributed by atoms with Crippen LogP contribution in [0.1, 0.15) is 51.9 Å². The van der Waals surface area contributed by atoms with Crippen LogP contribution >= 0.6 is 0 Å². The predicted molar refractivity (Wildman–Crippen MR) is 75.5 cm³/mol. The fraction of sp³-hybridized carbons (Fsp3) is 0.933. The van der Waals surface area contributed by atoms with Crippen LogP contribution in [-0.2, 0) is 14.8 Å². The number of hydrogen-bond acceptors (Lipinski definition) is 3. The van der Waals surface area contributed by atoms with Gasteiger partial charge in [0.05, 0.1) is 5.25 Å². The highest BCUT2D eigenvalue weighted by Gasteiger charge is 2.58. The molecule has 0 spiro atoms. The first-order valence-corrected chi connectivity index (χ1v) is 9.46. The summed E-state index contributed by atoms with van der Waals surface area (Å²) in [6.07, 6.45) is 6.67. The summed E-state index contributed by atoms with van der Waals surface area (Å²) in [7, 11) is -3.12. The molecule has 0 amide bonds. The predicted octanol–water partition coefficient (Wildman–Crippen LogP) is 1.85. The summed E-state index contributed by atoms with van der Waals surface area (Å²) < 4.78 is 27.7. The lowest BCUT2D eigenvalue weighted by Crippen LogP contribution is -2.63. The molecule has 5 heteroatoms. The third-order valence-electron chi connectivity index (χ3n) is 6.06. The van der Waals surface area contributed by atoms with E-state index in [9.17, 15) is 13.2 Å². The van der Waals surface area contributed by atoms with Crippen molar-refractivity contribution in [3.05, 3.63) is 0 Å². The zero-order chi connectivity index (χ0) is 14.1. The third kappa shape index (κ3) is 1.97. The number of ketones is 1. The Balaban J connectivity index is 1.60. The molecular weight excluding hydrogens is 274 g/mol. The van der Waals surface area contributed by atoms with E-state index in [4.69, 9.17) is 0 Å². The van der Waals surface area contributed by atoms with Gasteiger partial charge in [-0.15, -0.1) is 0 Å². The van der Waals surface area contributed by atoms with Crippen molar-refractivity contribution in [3.8, 4) is 0 Å². The van der Waals surface area contributed by atoms with E-state index in [0.717, 1.165) is 44.9 Å². The maximum atomic E-state index is 12.3. The molecule has 0 aliphatic heterocycles. The van der Waals surface area contributed by atoms with Crippen LogP contribution in [0.25, 0.3) is 0 Å². The van der Waals surface area contributed by atoms with Crippen LogP contribution in [0.3, 0.4) is 0 Å². The van der Waals surface area contributed by atoms with E-state index in [-0.39, 0.29) is 16.7 Å². The van der Waals surface area contributed by atoms with Crippen LogP contribution in [0.15, 0.2) is 0 Å². The van der Waals surface area contributed by atoms with Crippen molar-refractivity contribution >= 4 is 15.8 Å². The van der Waals surface area contributed by atoms with Gasteiger partial charge in [-0.1, -0.05) is 0 Å². The number of nitrogens with one attached hydrogen (secondary N) is 1. The van der Waals surface area contributed by atoms with E-state index >= 15 is 0 Å². The zero-order valence-electron chi connectivity index (χ0n) is 12.0. The van der Waals surface area contributed by atoms with Gasteiger partial charge in [0.1, 0.15) is 5.78 Å². The quantitative estimate of drug-likeness (QED) is 0.861. The molecule has 5 saturated carbocycles. The van der Waals surface area contributed by atoms with Crippen molar-refractivity contribution in [2.24, 2.45) is 23.7 Å². The smallest absolute Gasteiger partial charge is 0.214 e. The Bertz CT molecular complexity index is 535. The van der Waals surface area contributed by atoms with Gasteiger partial charge in [0.2, 0.25) is 10.0 Å². The third-order valence-corrected chi connectivity index (χ3v) is 8.13. The van der Waals surface area contributed by atoms with Crippen molar-refractivity contribution in [2.75, 3.05) is 0 Å². The molecule has 5 fully saturated rings. The maximum Gasteiger partial charge on any atom is 0.214 e. The first-order chi connectivity index (χ1) is 9.39. The molecule has 0 saturated heterocycles. The topological polar surface area (TPSA) is 63.2 Å². The van der Waals surface area contributed by atoms with Crippen molar-refractivity contribution < 1.29 is 13.2 Å². The Morgan fingerprint density at radius 3 is 2.20 bits per heavy atom. The highest BCUT2D eigenvalue weighted by Crippen LogP contribution is 2.58. The molecule has 0 aromatic heterocycles. The fourth-order valence-corrected chi connectivity index (χ4v) is 7.35. The molecule has 5 rings (SSSR count). The lowest BCUT2D eigenvalue weighted by Gasteiger charge is -2.59. The van der Waals surface area contributed by atoms with Gasteiger partial charge in [0.15, 0.2) is 0 Å². The van der Waals surface area contributed by atoms with Gasteiger partial charge < -0.3 is 0 Å². The van der Waals surface area contributed by atoms with E-state index < -0.39 is 10.0 Å². The molecule has 2 unspecified atom stereocenters. The molecule has 0 aromatic carbocycles. The first-order valence-electron chi connectivity index (χ1n) is 7.92. The Hall–Kier alpha value is -0.420. The number of carbonyl (C=O) groups excluding carboxylic acids is 1. The van der Waals surface area contributed by atoms with Gasteiger partial charge in [-0.3, -0.25) is 4.79 Å². The van der Waals surface area contributed by atoms with Crippen molar-refractivity contribution in [2.45, 2.75) is 62.7 Å².